The molecule has 1 heterocycles. The maximum atomic E-state index is 11.7. The van der Waals surface area contributed by atoms with Crippen molar-refractivity contribution in [1.82, 2.24) is 4.90 Å². The Labute approximate surface area is 142 Å². The zero-order chi connectivity index (χ0) is 17.6. The molecule has 0 bridgehead atoms. The lowest BCUT2D eigenvalue weighted by Gasteiger charge is -2.36. The maximum Gasteiger partial charge on any atom is 0.318 e. The van der Waals surface area contributed by atoms with E-state index in [2.05, 4.69) is 9.80 Å². The summed E-state index contributed by atoms with van der Waals surface area (Å²) in [6.07, 6.45) is 0. The standard InChI is InChI=1S/C16H24N2O5S/c1-2-23-15-6-4-3-5-14(15)18-9-7-17(8-10-18)11-12-24(21,22)13-16(19)20/h3-6H,2,7-13H2,1H3,(H,19,20). The molecule has 134 valence electrons. The van der Waals surface area contributed by atoms with E-state index in [1.54, 1.807) is 0 Å². The molecule has 0 radical (unpaired) electrons. The van der Waals surface area contributed by atoms with Gasteiger partial charge in [0.2, 0.25) is 0 Å². The normalized spacial score (nSPS) is 16.1. The van der Waals surface area contributed by atoms with Gasteiger partial charge in [0.25, 0.3) is 0 Å². The van der Waals surface area contributed by atoms with Crippen molar-refractivity contribution >= 4 is 21.5 Å². The molecule has 1 aromatic rings. The molecule has 0 aliphatic carbocycles. The fourth-order valence-corrected chi connectivity index (χ4v) is 3.79. The molecule has 0 unspecified atom stereocenters. The zero-order valence-electron chi connectivity index (χ0n) is 13.8. The molecule has 1 N–H and O–H groups in total. The maximum absolute atomic E-state index is 11.7. The van der Waals surface area contributed by atoms with E-state index in [1.165, 1.54) is 0 Å². The Morgan fingerprint density at radius 2 is 1.88 bits per heavy atom. The summed E-state index contributed by atoms with van der Waals surface area (Å²) in [5.41, 5.74) is 1.05. The highest BCUT2D eigenvalue weighted by Crippen LogP contribution is 2.28. The van der Waals surface area contributed by atoms with Crippen LogP contribution in [-0.4, -0.2) is 75.2 Å². The molecule has 0 atom stereocenters. The quantitative estimate of drug-likeness (QED) is 0.734. The Morgan fingerprint density at radius 3 is 2.50 bits per heavy atom. The minimum Gasteiger partial charge on any atom is -0.492 e. The molecule has 2 rings (SSSR count). The van der Waals surface area contributed by atoms with Crippen molar-refractivity contribution < 1.29 is 23.1 Å². The summed E-state index contributed by atoms with van der Waals surface area (Å²) in [6.45, 7) is 5.97. The van der Waals surface area contributed by atoms with Gasteiger partial charge in [-0.15, -0.1) is 0 Å². The van der Waals surface area contributed by atoms with Gasteiger partial charge in [-0.25, -0.2) is 8.42 Å². The van der Waals surface area contributed by atoms with Crippen molar-refractivity contribution in [3.05, 3.63) is 24.3 Å². The van der Waals surface area contributed by atoms with Gasteiger partial charge in [0.05, 0.1) is 18.0 Å². The predicted octanol–water partition coefficient (Wildman–Crippen LogP) is 0.707. The number of carbonyl (C=O) groups is 1. The number of hydrogen-bond donors (Lipinski definition) is 1. The fraction of sp³-hybridized carbons (Fsp3) is 0.562. The first kappa shape index (κ1) is 18.5. The van der Waals surface area contributed by atoms with Crippen molar-refractivity contribution in [2.75, 3.05) is 55.7 Å². The van der Waals surface area contributed by atoms with Gasteiger partial charge in [-0.3, -0.25) is 9.69 Å². The number of aliphatic carboxylic acids is 1. The largest absolute Gasteiger partial charge is 0.492 e. The number of ether oxygens (including phenoxy) is 1. The summed E-state index contributed by atoms with van der Waals surface area (Å²) < 4.78 is 29.0. The molecule has 1 fully saturated rings. The Hall–Kier alpha value is -1.80. The monoisotopic (exact) mass is 356 g/mol. The molecule has 0 saturated carbocycles. The second-order valence-corrected chi connectivity index (χ2v) is 7.90. The highest BCUT2D eigenvalue weighted by atomic mass is 32.2. The average Bonchev–Trinajstić information content (AvgIpc) is 2.53. The number of carboxylic acid groups (broad SMARTS) is 1. The van der Waals surface area contributed by atoms with Crippen LogP contribution in [0.5, 0.6) is 5.75 Å². The van der Waals surface area contributed by atoms with E-state index >= 15 is 0 Å². The number of benzene rings is 1. The highest BCUT2D eigenvalue weighted by Gasteiger charge is 2.22. The van der Waals surface area contributed by atoms with E-state index in [9.17, 15) is 13.2 Å². The van der Waals surface area contributed by atoms with E-state index in [-0.39, 0.29) is 5.75 Å². The molecule has 0 spiro atoms. The summed E-state index contributed by atoms with van der Waals surface area (Å²) in [6, 6.07) is 7.89. The molecule has 7 nitrogen and oxygen atoms in total. The molecule has 8 heteroatoms. The fourth-order valence-electron chi connectivity index (χ4n) is 2.74. The lowest BCUT2D eigenvalue weighted by atomic mass is 10.2. The summed E-state index contributed by atoms with van der Waals surface area (Å²) >= 11 is 0. The third-order valence-electron chi connectivity index (χ3n) is 3.94. The number of rotatable bonds is 8. The second kappa shape index (κ2) is 8.34. The highest BCUT2D eigenvalue weighted by molar-refractivity contribution is 7.92. The molecule has 0 aromatic heterocycles. The molecule has 0 amide bonds. The van der Waals surface area contributed by atoms with Gasteiger partial charge < -0.3 is 14.7 Å². The number of sulfone groups is 1. The van der Waals surface area contributed by atoms with E-state index in [4.69, 9.17) is 9.84 Å². The second-order valence-electron chi connectivity index (χ2n) is 5.72. The molecular formula is C16H24N2O5S. The number of hydrogen-bond acceptors (Lipinski definition) is 6. The van der Waals surface area contributed by atoms with Crippen molar-refractivity contribution in [2.45, 2.75) is 6.92 Å². The number of anilines is 1. The van der Waals surface area contributed by atoms with Crippen LogP contribution in [0.25, 0.3) is 0 Å². The Morgan fingerprint density at radius 1 is 1.21 bits per heavy atom. The van der Waals surface area contributed by atoms with Crippen molar-refractivity contribution in [3.8, 4) is 5.75 Å². The van der Waals surface area contributed by atoms with Gasteiger partial charge in [0, 0.05) is 32.7 Å². The third kappa shape index (κ3) is 5.38. The lowest BCUT2D eigenvalue weighted by molar-refractivity contribution is -0.134. The molecule has 1 aliphatic rings. The molecule has 1 aliphatic heterocycles. The Balaban J connectivity index is 1.87. The van der Waals surface area contributed by atoms with E-state index < -0.39 is 21.6 Å². The first-order chi connectivity index (χ1) is 11.4. The van der Waals surface area contributed by atoms with Gasteiger partial charge >= 0.3 is 5.97 Å². The first-order valence-corrected chi connectivity index (χ1v) is 9.85. The molecular weight excluding hydrogens is 332 g/mol. The van der Waals surface area contributed by atoms with Crippen LogP contribution in [0.3, 0.4) is 0 Å². The SMILES string of the molecule is CCOc1ccccc1N1CCN(CCS(=O)(=O)CC(=O)O)CC1. The van der Waals surface area contributed by atoms with Crippen LogP contribution in [0.4, 0.5) is 5.69 Å². The van der Waals surface area contributed by atoms with Crippen LogP contribution in [0, 0.1) is 0 Å². The predicted molar refractivity (Wildman–Crippen MR) is 92.6 cm³/mol. The van der Waals surface area contributed by atoms with Crippen LogP contribution >= 0.6 is 0 Å². The smallest absolute Gasteiger partial charge is 0.318 e. The van der Waals surface area contributed by atoms with Gasteiger partial charge in [-0.1, -0.05) is 12.1 Å². The van der Waals surface area contributed by atoms with Crippen molar-refractivity contribution in [3.63, 3.8) is 0 Å². The van der Waals surface area contributed by atoms with Crippen molar-refractivity contribution in [2.24, 2.45) is 0 Å². The minimum atomic E-state index is -3.53. The van der Waals surface area contributed by atoms with Crippen LogP contribution in [-0.2, 0) is 14.6 Å². The van der Waals surface area contributed by atoms with Crippen LogP contribution in [0.1, 0.15) is 6.92 Å². The van der Waals surface area contributed by atoms with Gasteiger partial charge in [0.1, 0.15) is 11.5 Å². The summed E-state index contributed by atoms with van der Waals surface area (Å²) in [4.78, 5) is 14.8. The van der Waals surface area contributed by atoms with Gasteiger partial charge in [-0.2, -0.15) is 0 Å². The number of para-hydroxylation sites is 2. The summed E-state index contributed by atoms with van der Waals surface area (Å²) in [7, 11) is -3.53. The molecule has 1 saturated heterocycles. The van der Waals surface area contributed by atoms with Crippen LogP contribution in [0.15, 0.2) is 24.3 Å². The first-order valence-electron chi connectivity index (χ1n) is 8.02. The van der Waals surface area contributed by atoms with Gasteiger partial charge in [0.15, 0.2) is 9.84 Å². The van der Waals surface area contributed by atoms with Crippen LogP contribution < -0.4 is 9.64 Å². The van der Waals surface area contributed by atoms with Gasteiger partial charge in [-0.05, 0) is 19.1 Å². The molecule has 1 aromatic carbocycles. The van der Waals surface area contributed by atoms with E-state index in [0.717, 1.165) is 37.6 Å². The number of nitrogens with zero attached hydrogens (tertiary/aromatic N) is 2. The van der Waals surface area contributed by atoms with Crippen LogP contribution in [0.2, 0.25) is 0 Å². The third-order valence-corrected chi connectivity index (χ3v) is 5.43. The Kier molecular flexibility index (Phi) is 6.44. The Bertz CT molecular complexity index is 654. The lowest BCUT2D eigenvalue weighted by Crippen LogP contribution is -2.48. The van der Waals surface area contributed by atoms with E-state index in [0.29, 0.717) is 13.2 Å². The minimum absolute atomic E-state index is 0.116. The van der Waals surface area contributed by atoms with Crippen molar-refractivity contribution in [1.29, 1.82) is 0 Å². The summed E-state index contributed by atoms with van der Waals surface area (Å²) in [5, 5.41) is 8.61. The number of piperazine rings is 1. The summed E-state index contributed by atoms with van der Waals surface area (Å²) in [5.74, 6) is -1.35. The molecule has 24 heavy (non-hydrogen) atoms. The van der Waals surface area contributed by atoms with E-state index in [1.807, 2.05) is 31.2 Å². The topological polar surface area (TPSA) is 87.2 Å². The average molecular weight is 356 g/mol. The zero-order valence-corrected chi connectivity index (χ0v) is 14.7. The number of carboxylic acids is 1.